The molecule has 1 unspecified atom stereocenters. The lowest BCUT2D eigenvalue weighted by atomic mass is 10.0. The fourth-order valence-electron chi connectivity index (χ4n) is 1.84. The van der Waals surface area contributed by atoms with Gasteiger partial charge in [0.25, 0.3) is 0 Å². The van der Waals surface area contributed by atoms with Crippen molar-refractivity contribution in [2.24, 2.45) is 0 Å². The second-order valence-electron chi connectivity index (χ2n) is 4.95. The zero-order valence-corrected chi connectivity index (χ0v) is 13.3. The Morgan fingerprint density at radius 1 is 1.10 bits per heavy atom. The van der Waals surface area contributed by atoms with Crippen LogP contribution >= 0.6 is 22.9 Å². The minimum absolute atomic E-state index is 0.0464. The third-order valence-electron chi connectivity index (χ3n) is 3.04. The van der Waals surface area contributed by atoms with Crippen molar-refractivity contribution in [3.8, 4) is 5.75 Å². The van der Waals surface area contributed by atoms with E-state index in [1.807, 2.05) is 24.3 Å². The molecule has 0 aliphatic rings. The average molecular weight is 309 g/mol. The second-order valence-corrected chi connectivity index (χ2v) is 6.67. The molecule has 0 saturated heterocycles. The van der Waals surface area contributed by atoms with Gasteiger partial charge in [-0.15, -0.1) is 11.3 Å². The number of benzene rings is 1. The van der Waals surface area contributed by atoms with Gasteiger partial charge in [0.05, 0.1) is 9.21 Å². The maximum atomic E-state index is 12.2. The minimum atomic E-state index is -0.519. The Labute approximate surface area is 128 Å². The molecule has 0 radical (unpaired) electrons. The monoisotopic (exact) mass is 308 g/mol. The largest absolute Gasteiger partial charge is 0.483 e. The Kier molecular flexibility index (Phi) is 4.84. The lowest BCUT2D eigenvalue weighted by Gasteiger charge is -2.13. The van der Waals surface area contributed by atoms with Crippen molar-refractivity contribution < 1.29 is 9.53 Å². The molecule has 0 spiro atoms. The molecule has 0 bridgehead atoms. The smallest absolute Gasteiger partial charge is 0.212 e. The number of hydrogen-bond acceptors (Lipinski definition) is 3. The molecule has 1 heterocycles. The number of carbonyl (C=O) groups is 1. The van der Waals surface area contributed by atoms with E-state index in [4.69, 9.17) is 16.3 Å². The van der Waals surface area contributed by atoms with Crippen LogP contribution in [0, 0.1) is 0 Å². The van der Waals surface area contributed by atoms with E-state index < -0.39 is 6.10 Å². The summed E-state index contributed by atoms with van der Waals surface area (Å²) < 4.78 is 6.30. The van der Waals surface area contributed by atoms with Gasteiger partial charge in [-0.1, -0.05) is 37.6 Å². The number of ketones is 1. The highest BCUT2D eigenvalue weighted by atomic mass is 35.5. The first-order chi connectivity index (χ1) is 9.47. The Morgan fingerprint density at radius 2 is 1.75 bits per heavy atom. The van der Waals surface area contributed by atoms with E-state index in [1.165, 1.54) is 16.9 Å². The van der Waals surface area contributed by atoms with Crippen LogP contribution in [0.2, 0.25) is 4.34 Å². The van der Waals surface area contributed by atoms with E-state index in [2.05, 4.69) is 13.8 Å². The fraction of sp³-hybridized carbons (Fsp3) is 0.312. The van der Waals surface area contributed by atoms with Gasteiger partial charge in [-0.25, -0.2) is 0 Å². The van der Waals surface area contributed by atoms with Crippen LogP contribution in [0.15, 0.2) is 36.4 Å². The maximum Gasteiger partial charge on any atom is 0.212 e. The summed E-state index contributed by atoms with van der Waals surface area (Å²) in [5.41, 5.74) is 1.25. The third kappa shape index (κ3) is 3.62. The van der Waals surface area contributed by atoms with E-state index in [1.54, 1.807) is 19.1 Å². The molecule has 2 rings (SSSR count). The number of carbonyl (C=O) groups excluding carboxylic acids is 1. The van der Waals surface area contributed by atoms with Gasteiger partial charge in [-0.2, -0.15) is 0 Å². The molecule has 0 amide bonds. The molecule has 1 aromatic heterocycles. The molecule has 1 atom stereocenters. The van der Waals surface area contributed by atoms with E-state index in [0.717, 1.165) is 0 Å². The Bertz CT molecular complexity index is 587. The highest BCUT2D eigenvalue weighted by Gasteiger charge is 2.18. The van der Waals surface area contributed by atoms with E-state index >= 15 is 0 Å². The summed E-state index contributed by atoms with van der Waals surface area (Å²) in [4.78, 5) is 12.8. The van der Waals surface area contributed by atoms with Crippen LogP contribution in [0.5, 0.6) is 5.75 Å². The van der Waals surface area contributed by atoms with Crippen molar-refractivity contribution in [2.75, 3.05) is 0 Å². The number of hydrogen-bond donors (Lipinski definition) is 0. The van der Waals surface area contributed by atoms with Crippen molar-refractivity contribution in [3.63, 3.8) is 0 Å². The number of halogens is 1. The van der Waals surface area contributed by atoms with E-state index in [9.17, 15) is 4.79 Å². The number of thiophene rings is 1. The normalized spacial score (nSPS) is 12.4. The standard InChI is InChI=1S/C16H17ClO2S/c1-10(2)12-4-6-13(7-5-12)19-11(3)16(18)14-8-9-15(17)20-14/h4-11H,1-3H3. The summed E-state index contributed by atoms with van der Waals surface area (Å²) >= 11 is 7.12. The van der Waals surface area contributed by atoms with Crippen molar-refractivity contribution in [1.29, 1.82) is 0 Å². The van der Waals surface area contributed by atoms with E-state index in [0.29, 0.717) is 20.9 Å². The molecule has 106 valence electrons. The van der Waals surface area contributed by atoms with Crippen LogP contribution in [0.3, 0.4) is 0 Å². The molecule has 2 aromatic rings. The molecule has 20 heavy (non-hydrogen) atoms. The predicted molar refractivity (Wildman–Crippen MR) is 84.3 cm³/mol. The highest BCUT2D eigenvalue weighted by molar-refractivity contribution is 7.18. The molecule has 0 N–H and O–H groups in total. The van der Waals surface area contributed by atoms with Crippen LogP contribution in [-0.4, -0.2) is 11.9 Å². The van der Waals surface area contributed by atoms with Gasteiger partial charge >= 0.3 is 0 Å². The Morgan fingerprint density at radius 3 is 2.25 bits per heavy atom. The summed E-state index contributed by atoms with van der Waals surface area (Å²) in [6.07, 6.45) is -0.519. The highest BCUT2D eigenvalue weighted by Crippen LogP contribution is 2.24. The first-order valence-corrected chi connectivity index (χ1v) is 7.73. The van der Waals surface area contributed by atoms with Gasteiger partial charge in [0, 0.05) is 0 Å². The van der Waals surface area contributed by atoms with Gasteiger partial charge in [0.2, 0.25) is 5.78 Å². The average Bonchev–Trinajstić information content (AvgIpc) is 2.85. The number of rotatable bonds is 5. The van der Waals surface area contributed by atoms with Crippen LogP contribution in [0.1, 0.15) is 41.9 Å². The Balaban J connectivity index is 2.03. The molecular formula is C16H17ClO2S. The lowest BCUT2D eigenvalue weighted by Crippen LogP contribution is -2.23. The molecule has 0 aliphatic heterocycles. The molecule has 1 aromatic carbocycles. The molecular weight excluding hydrogens is 292 g/mol. The quantitative estimate of drug-likeness (QED) is 0.712. The van der Waals surface area contributed by atoms with Crippen molar-refractivity contribution in [3.05, 3.63) is 51.2 Å². The fourth-order valence-corrected chi connectivity index (χ4v) is 2.90. The maximum absolute atomic E-state index is 12.2. The zero-order valence-electron chi connectivity index (χ0n) is 11.7. The summed E-state index contributed by atoms with van der Waals surface area (Å²) in [7, 11) is 0. The molecule has 0 fully saturated rings. The summed E-state index contributed by atoms with van der Waals surface area (Å²) in [5.74, 6) is 1.14. The van der Waals surface area contributed by atoms with Crippen LogP contribution in [-0.2, 0) is 0 Å². The second kappa shape index (κ2) is 6.42. The molecule has 2 nitrogen and oxygen atoms in total. The molecule has 4 heteroatoms. The summed E-state index contributed by atoms with van der Waals surface area (Å²) in [6, 6.07) is 11.3. The van der Waals surface area contributed by atoms with E-state index in [-0.39, 0.29) is 5.78 Å². The minimum Gasteiger partial charge on any atom is -0.483 e. The van der Waals surface area contributed by atoms with Gasteiger partial charge < -0.3 is 4.74 Å². The summed E-state index contributed by atoms with van der Waals surface area (Å²) in [5, 5.41) is 0. The van der Waals surface area contributed by atoms with Gasteiger partial charge in [0.1, 0.15) is 5.75 Å². The first-order valence-electron chi connectivity index (χ1n) is 6.53. The van der Waals surface area contributed by atoms with Crippen molar-refractivity contribution >= 4 is 28.7 Å². The number of Topliss-reactive ketones (excluding diaryl/α,β-unsaturated/α-hetero) is 1. The van der Waals surface area contributed by atoms with Crippen LogP contribution < -0.4 is 4.74 Å². The predicted octanol–water partition coefficient (Wildman–Crippen LogP) is 5.18. The van der Waals surface area contributed by atoms with Crippen molar-refractivity contribution in [2.45, 2.75) is 32.8 Å². The lowest BCUT2D eigenvalue weighted by molar-refractivity contribution is 0.0822. The summed E-state index contributed by atoms with van der Waals surface area (Å²) in [6.45, 7) is 6.04. The van der Waals surface area contributed by atoms with Crippen LogP contribution in [0.4, 0.5) is 0 Å². The van der Waals surface area contributed by atoms with Gasteiger partial charge in [0.15, 0.2) is 6.10 Å². The third-order valence-corrected chi connectivity index (χ3v) is 4.29. The van der Waals surface area contributed by atoms with Gasteiger partial charge in [-0.3, -0.25) is 4.79 Å². The molecule has 0 saturated carbocycles. The first kappa shape index (κ1) is 15.1. The number of ether oxygens (including phenoxy) is 1. The molecule has 0 aliphatic carbocycles. The zero-order chi connectivity index (χ0) is 14.7. The SMILES string of the molecule is CC(Oc1ccc(C(C)C)cc1)C(=O)c1ccc(Cl)s1. The van der Waals surface area contributed by atoms with Gasteiger partial charge in [-0.05, 0) is 42.7 Å². The van der Waals surface area contributed by atoms with Crippen LogP contribution in [0.25, 0.3) is 0 Å². The topological polar surface area (TPSA) is 26.3 Å². The Hall–Kier alpha value is -1.32. The van der Waals surface area contributed by atoms with Crippen molar-refractivity contribution in [1.82, 2.24) is 0 Å².